The van der Waals surface area contributed by atoms with Crippen LogP contribution in [0, 0.1) is 21.4 Å². The summed E-state index contributed by atoms with van der Waals surface area (Å²) in [5.74, 6) is -0.870. The van der Waals surface area contributed by atoms with Crippen molar-refractivity contribution in [2.45, 2.75) is 0 Å². The number of benzene rings is 3. The maximum absolute atomic E-state index is 13.8. The maximum Gasteiger partial charge on any atom is 0.273 e. The maximum atomic E-state index is 13.8. The van der Waals surface area contributed by atoms with Gasteiger partial charge in [-0.1, -0.05) is 36.4 Å². The average Bonchev–Trinajstić information content (AvgIpc) is 3.36. The van der Waals surface area contributed by atoms with Gasteiger partial charge in [-0.3, -0.25) is 29.1 Å². The summed E-state index contributed by atoms with van der Waals surface area (Å²) in [5.41, 5.74) is 0.141. The van der Waals surface area contributed by atoms with Gasteiger partial charge in [0, 0.05) is 36.5 Å². The molecular weight excluding hydrogens is 586 g/mol. The topological polar surface area (TPSA) is 157 Å². The van der Waals surface area contributed by atoms with Gasteiger partial charge >= 0.3 is 0 Å². The first kappa shape index (κ1) is 29.9. The zero-order valence-corrected chi connectivity index (χ0v) is 24.0. The standard InChI is InChI=1S/C31H25N5O7S/c32-19-25(29(38)34-13-15-42-16-14-34)31-35(23-9-5-2-6-10-23)30(39)27(44-31)18-21-17-24(36(40)41)11-12-26(21)43-20-28(37)33-22-7-3-1-4-8-22/h1-12,17-18H,13-16,20H2,(H,33,37)/b27-18+,31-25-. The van der Waals surface area contributed by atoms with Gasteiger partial charge in [-0.05, 0) is 36.4 Å². The minimum absolute atomic E-state index is 0.0884. The molecule has 5 rings (SSSR count). The number of aromatic nitrogens is 1. The molecule has 13 heteroatoms. The van der Waals surface area contributed by atoms with E-state index in [1.165, 1.54) is 33.7 Å². The predicted molar refractivity (Wildman–Crippen MR) is 163 cm³/mol. The molecule has 222 valence electrons. The van der Waals surface area contributed by atoms with Crippen LogP contribution in [0.2, 0.25) is 0 Å². The number of non-ortho nitro benzene ring substituents is 1. The summed E-state index contributed by atoms with van der Waals surface area (Å²) in [7, 11) is 0. The molecule has 2 amide bonds. The number of carbonyl (C=O) groups excluding carboxylic acids is 2. The second kappa shape index (κ2) is 13.6. The largest absolute Gasteiger partial charge is 0.483 e. The van der Waals surface area contributed by atoms with Crippen LogP contribution in [0.1, 0.15) is 5.56 Å². The summed E-state index contributed by atoms with van der Waals surface area (Å²) < 4.78 is 12.5. The summed E-state index contributed by atoms with van der Waals surface area (Å²) in [6, 6.07) is 23.1. The number of nitrogens with zero attached hydrogens (tertiary/aromatic N) is 4. The Labute approximate surface area is 254 Å². The Balaban J connectivity index is 1.61. The van der Waals surface area contributed by atoms with Crippen molar-refractivity contribution in [2.75, 3.05) is 38.2 Å². The Morgan fingerprint density at radius 3 is 2.41 bits per heavy atom. The SMILES string of the molecule is N#C/C(C(=O)N1CCOCC1)=c1/s/c(=C/c2cc([N+](=O)[O-])ccc2OCC(=O)Nc2ccccc2)c(=O)n1-c1ccccc1. The molecule has 0 radical (unpaired) electrons. The minimum Gasteiger partial charge on any atom is -0.483 e. The third-order valence-corrected chi connectivity index (χ3v) is 7.68. The monoisotopic (exact) mass is 611 g/mol. The molecule has 0 unspecified atom stereocenters. The molecule has 0 aliphatic carbocycles. The highest BCUT2D eigenvalue weighted by Gasteiger charge is 2.24. The highest BCUT2D eigenvalue weighted by molar-refractivity contribution is 7.07. The fourth-order valence-corrected chi connectivity index (χ4v) is 5.56. The van der Waals surface area contributed by atoms with Crippen LogP contribution in [0.5, 0.6) is 5.75 Å². The predicted octanol–water partition coefficient (Wildman–Crippen LogP) is 2.19. The molecule has 0 atom stereocenters. The Bertz CT molecular complexity index is 1930. The molecule has 1 saturated heterocycles. The number of anilines is 1. The van der Waals surface area contributed by atoms with Gasteiger partial charge in [0.05, 0.1) is 28.4 Å². The van der Waals surface area contributed by atoms with Gasteiger partial charge in [0.25, 0.3) is 23.1 Å². The fraction of sp³-hybridized carbons (Fsp3) is 0.161. The lowest BCUT2D eigenvalue weighted by molar-refractivity contribution is -0.384. The Morgan fingerprint density at radius 1 is 1.07 bits per heavy atom. The number of hydrogen-bond acceptors (Lipinski definition) is 9. The number of rotatable bonds is 8. The lowest BCUT2D eigenvalue weighted by Gasteiger charge is -2.26. The molecule has 4 aromatic rings. The molecule has 0 bridgehead atoms. The first-order valence-corrected chi connectivity index (χ1v) is 14.2. The number of thiazole rings is 1. The molecule has 1 N–H and O–H groups in total. The number of ether oxygens (including phenoxy) is 2. The first-order chi connectivity index (χ1) is 21.4. The summed E-state index contributed by atoms with van der Waals surface area (Å²) in [5, 5.41) is 24.4. The number of nitriles is 1. The van der Waals surface area contributed by atoms with E-state index in [-0.39, 0.29) is 31.8 Å². The Hall–Kier alpha value is -5.58. The summed E-state index contributed by atoms with van der Waals surface area (Å²) >= 11 is 0.902. The molecule has 1 aromatic heterocycles. The summed E-state index contributed by atoms with van der Waals surface area (Å²) in [6.07, 6.45) is 1.39. The lowest BCUT2D eigenvalue weighted by Crippen LogP contribution is -2.42. The Kier molecular flexibility index (Phi) is 9.24. The van der Waals surface area contributed by atoms with Crippen LogP contribution < -0.4 is 24.8 Å². The van der Waals surface area contributed by atoms with Crippen LogP contribution in [0.4, 0.5) is 11.4 Å². The number of para-hydroxylation sites is 2. The van der Waals surface area contributed by atoms with Crippen LogP contribution in [-0.2, 0) is 14.3 Å². The number of hydrogen-bond donors (Lipinski definition) is 1. The highest BCUT2D eigenvalue weighted by atomic mass is 32.1. The molecule has 0 saturated carbocycles. The van der Waals surface area contributed by atoms with Crippen molar-refractivity contribution in [3.63, 3.8) is 0 Å². The van der Waals surface area contributed by atoms with E-state index in [9.17, 15) is 29.8 Å². The smallest absolute Gasteiger partial charge is 0.273 e. The van der Waals surface area contributed by atoms with Crippen molar-refractivity contribution in [2.24, 2.45) is 0 Å². The van der Waals surface area contributed by atoms with Crippen molar-refractivity contribution < 1.29 is 24.0 Å². The first-order valence-electron chi connectivity index (χ1n) is 13.4. The summed E-state index contributed by atoms with van der Waals surface area (Å²) in [6.45, 7) is 0.862. The van der Waals surface area contributed by atoms with Crippen molar-refractivity contribution in [3.05, 3.63) is 114 Å². The van der Waals surface area contributed by atoms with Gasteiger partial charge < -0.3 is 19.7 Å². The van der Waals surface area contributed by atoms with E-state index in [1.807, 2.05) is 12.1 Å². The van der Waals surface area contributed by atoms with E-state index in [0.717, 1.165) is 11.3 Å². The number of nitro groups is 1. The average molecular weight is 612 g/mol. The molecule has 1 aliphatic heterocycles. The van der Waals surface area contributed by atoms with Crippen LogP contribution in [0.3, 0.4) is 0 Å². The van der Waals surface area contributed by atoms with Crippen LogP contribution in [0.25, 0.3) is 17.3 Å². The molecule has 3 aromatic carbocycles. The molecule has 2 heterocycles. The van der Waals surface area contributed by atoms with Crippen molar-refractivity contribution in [1.29, 1.82) is 5.26 Å². The van der Waals surface area contributed by atoms with Crippen molar-refractivity contribution in [1.82, 2.24) is 9.47 Å². The van der Waals surface area contributed by atoms with E-state index >= 15 is 0 Å². The third kappa shape index (κ3) is 6.73. The van der Waals surface area contributed by atoms with E-state index < -0.39 is 28.9 Å². The fourth-order valence-electron chi connectivity index (χ4n) is 4.47. The normalized spacial score (nSPS) is 14.0. The van der Waals surface area contributed by atoms with E-state index in [4.69, 9.17) is 9.47 Å². The second-order valence-electron chi connectivity index (χ2n) is 9.47. The summed E-state index contributed by atoms with van der Waals surface area (Å²) in [4.78, 5) is 52.3. The number of amides is 2. The van der Waals surface area contributed by atoms with Gasteiger partial charge in [0.1, 0.15) is 16.5 Å². The van der Waals surface area contributed by atoms with Crippen LogP contribution >= 0.6 is 11.3 Å². The number of nitrogens with one attached hydrogen (secondary N) is 1. The van der Waals surface area contributed by atoms with Gasteiger partial charge in [0.15, 0.2) is 12.2 Å². The molecular formula is C31H25N5O7S. The molecule has 1 aliphatic rings. The second-order valence-corrected chi connectivity index (χ2v) is 10.5. The molecule has 12 nitrogen and oxygen atoms in total. The van der Waals surface area contributed by atoms with Crippen LogP contribution in [0.15, 0.2) is 83.7 Å². The van der Waals surface area contributed by atoms with E-state index in [2.05, 4.69) is 5.32 Å². The minimum atomic E-state index is -0.589. The van der Waals surface area contributed by atoms with Gasteiger partial charge in [-0.15, -0.1) is 11.3 Å². The zero-order valence-electron chi connectivity index (χ0n) is 23.2. The van der Waals surface area contributed by atoms with Crippen molar-refractivity contribution >= 4 is 46.2 Å². The Morgan fingerprint density at radius 2 is 1.75 bits per heavy atom. The zero-order chi connectivity index (χ0) is 31.1. The number of morpholine rings is 1. The van der Waals surface area contributed by atoms with Crippen LogP contribution in [-0.4, -0.2) is 59.1 Å². The lowest BCUT2D eigenvalue weighted by atomic mass is 10.1. The molecule has 0 spiro atoms. The van der Waals surface area contributed by atoms with E-state index in [0.29, 0.717) is 37.7 Å². The van der Waals surface area contributed by atoms with E-state index in [1.54, 1.807) is 54.6 Å². The third-order valence-electron chi connectivity index (χ3n) is 6.58. The number of nitro benzene ring substituents is 1. The highest BCUT2D eigenvalue weighted by Crippen LogP contribution is 2.25. The molecule has 1 fully saturated rings. The van der Waals surface area contributed by atoms with Gasteiger partial charge in [-0.25, -0.2) is 0 Å². The molecule has 44 heavy (non-hydrogen) atoms. The van der Waals surface area contributed by atoms with Gasteiger partial charge in [-0.2, -0.15) is 5.26 Å². The number of carbonyl (C=O) groups is 2. The van der Waals surface area contributed by atoms with Gasteiger partial charge in [0.2, 0.25) is 0 Å². The van der Waals surface area contributed by atoms with Crippen molar-refractivity contribution in [3.8, 4) is 17.5 Å². The quantitative estimate of drug-likeness (QED) is 0.235.